The Kier molecular flexibility index (Phi) is 4.39. The van der Waals surface area contributed by atoms with Crippen LogP contribution in [0.3, 0.4) is 0 Å². The molecule has 0 fully saturated rings. The molecule has 78 valence electrons. The van der Waals surface area contributed by atoms with Crippen LogP contribution < -0.4 is 0 Å². The fourth-order valence-electron chi connectivity index (χ4n) is 1.61. The van der Waals surface area contributed by atoms with E-state index >= 15 is 0 Å². The largest absolute Gasteiger partial charge is 0.142 e. The molecule has 0 N–H and O–H groups in total. The van der Waals surface area contributed by atoms with Crippen molar-refractivity contribution in [3.8, 4) is 0 Å². The predicted octanol–water partition coefficient (Wildman–Crippen LogP) is 4.22. The van der Waals surface area contributed by atoms with Crippen molar-refractivity contribution >= 4 is 25.3 Å². The third-order valence-corrected chi connectivity index (χ3v) is 3.75. The molecule has 1 aromatic carbocycles. The topological polar surface area (TPSA) is 0 Å². The van der Waals surface area contributed by atoms with Gasteiger partial charge in [-0.15, -0.1) is 25.3 Å². The summed E-state index contributed by atoms with van der Waals surface area (Å²) in [4.78, 5) is 2.06. The van der Waals surface area contributed by atoms with Crippen LogP contribution in [0.2, 0.25) is 0 Å². The van der Waals surface area contributed by atoms with Crippen LogP contribution in [0, 0.1) is 13.8 Å². The molecule has 0 spiro atoms. The lowest BCUT2D eigenvalue weighted by atomic mass is 9.99. The molecule has 0 aliphatic heterocycles. The summed E-state index contributed by atoms with van der Waals surface area (Å²) in [7, 11) is 0. The zero-order valence-electron chi connectivity index (χ0n) is 9.09. The highest BCUT2D eigenvalue weighted by Crippen LogP contribution is 2.29. The Morgan fingerprint density at radius 3 is 2.43 bits per heavy atom. The van der Waals surface area contributed by atoms with E-state index in [1.807, 2.05) is 0 Å². The van der Waals surface area contributed by atoms with E-state index < -0.39 is 0 Å². The van der Waals surface area contributed by atoms with Gasteiger partial charge in [-0.1, -0.05) is 13.3 Å². The summed E-state index contributed by atoms with van der Waals surface area (Å²) in [5.41, 5.74) is 4.07. The van der Waals surface area contributed by atoms with Crippen molar-refractivity contribution in [2.75, 3.05) is 0 Å². The van der Waals surface area contributed by atoms with E-state index in [0.29, 0.717) is 0 Å². The van der Waals surface area contributed by atoms with Crippen molar-refractivity contribution in [1.29, 1.82) is 0 Å². The minimum Gasteiger partial charge on any atom is -0.142 e. The summed E-state index contributed by atoms with van der Waals surface area (Å²) < 4.78 is 0. The first-order chi connectivity index (χ1) is 6.57. The maximum Gasteiger partial charge on any atom is 0.0209 e. The number of rotatable bonds is 3. The zero-order valence-corrected chi connectivity index (χ0v) is 10.9. The normalized spacial score (nSPS) is 10.6. The Hall–Kier alpha value is -0.0800. The number of aryl methyl sites for hydroxylation is 1. The number of hydrogen-bond donors (Lipinski definition) is 2. The molecule has 0 bridgehead atoms. The zero-order chi connectivity index (χ0) is 10.7. The lowest BCUT2D eigenvalue weighted by Gasteiger charge is -2.13. The van der Waals surface area contributed by atoms with E-state index in [2.05, 4.69) is 52.1 Å². The maximum absolute atomic E-state index is 4.52. The molecule has 0 atom stereocenters. The van der Waals surface area contributed by atoms with Crippen LogP contribution in [-0.2, 0) is 6.42 Å². The van der Waals surface area contributed by atoms with E-state index in [1.165, 1.54) is 29.5 Å². The number of benzene rings is 1. The van der Waals surface area contributed by atoms with Gasteiger partial charge in [0.05, 0.1) is 0 Å². The van der Waals surface area contributed by atoms with Crippen LogP contribution >= 0.6 is 25.3 Å². The number of unbranched alkanes of at least 4 members (excludes halogenated alkanes) is 1. The van der Waals surface area contributed by atoms with Gasteiger partial charge in [-0.25, -0.2) is 0 Å². The van der Waals surface area contributed by atoms with Gasteiger partial charge in [-0.05, 0) is 49.4 Å². The molecule has 0 nitrogen and oxygen atoms in total. The second-order valence-electron chi connectivity index (χ2n) is 3.77. The Bertz CT molecular complexity index is 303. The van der Waals surface area contributed by atoms with Crippen LogP contribution in [0.15, 0.2) is 15.9 Å². The first-order valence-electron chi connectivity index (χ1n) is 5.09. The van der Waals surface area contributed by atoms with E-state index in [1.54, 1.807) is 0 Å². The van der Waals surface area contributed by atoms with Crippen molar-refractivity contribution in [1.82, 2.24) is 0 Å². The molecule has 0 radical (unpaired) electrons. The van der Waals surface area contributed by atoms with Gasteiger partial charge in [0.15, 0.2) is 0 Å². The average Bonchev–Trinajstić information content (AvgIpc) is 2.15. The summed E-state index contributed by atoms with van der Waals surface area (Å²) in [5, 5.41) is 0. The van der Waals surface area contributed by atoms with Gasteiger partial charge in [-0.3, -0.25) is 0 Å². The van der Waals surface area contributed by atoms with E-state index in [-0.39, 0.29) is 0 Å². The molecule has 14 heavy (non-hydrogen) atoms. The molecular formula is C12H18S2. The van der Waals surface area contributed by atoms with Crippen molar-refractivity contribution < 1.29 is 0 Å². The third-order valence-electron chi connectivity index (χ3n) is 2.71. The molecule has 0 saturated carbocycles. The van der Waals surface area contributed by atoms with Crippen molar-refractivity contribution in [3.63, 3.8) is 0 Å². The standard InChI is InChI=1S/C12H18S2/c1-4-5-6-10-9(3)8(2)7-11(13)12(10)14/h7,13-14H,4-6H2,1-3H3. The van der Waals surface area contributed by atoms with Gasteiger partial charge in [0.2, 0.25) is 0 Å². The van der Waals surface area contributed by atoms with Gasteiger partial charge in [0.1, 0.15) is 0 Å². The second-order valence-corrected chi connectivity index (χ2v) is 4.70. The highest BCUT2D eigenvalue weighted by Gasteiger charge is 2.08. The highest BCUT2D eigenvalue weighted by molar-refractivity contribution is 7.83. The molecule has 0 aromatic heterocycles. The van der Waals surface area contributed by atoms with Gasteiger partial charge < -0.3 is 0 Å². The summed E-state index contributed by atoms with van der Waals surface area (Å²) in [6, 6.07) is 2.09. The molecule has 0 aliphatic rings. The summed E-state index contributed by atoms with van der Waals surface area (Å²) in [5.74, 6) is 0. The first-order valence-corrected chi connectivity index (χ1v) is 5.98. The minimum absolute atomic E-state index is 1.00. The molecule has 0 aliphatic carbocycles. The van der Waals surface area contributed by atoms with Crippen molar-refractivity contribution in [3.05, 3.63) is 22.8 Å². The van der Waals surface area contributed by atoms with Crippen LogP contribution in [-0.4, -0.2) is 0 Å². The Morgan fingerprint density at radius 2 is 1.86 bits per heavy atom. The van der Waals surface area contributed by atoms with E-state index in [0.717, 1.165) is 16.2 Å². The van der Waals surface area contributed by atoms with Crippen LogP contribution in [0.1, 0.15) is 36.5 Å². The second kappa shape index (κ2) is 5.13. The lowest BCUT2D eigenvalue weighted by Crippen LogP contribution is -1.96. The fourth-order valence-corrected chi connectivity index (χ4v) is 2.28. The third kappa shape index (κ3) is 2.48. The molecule has 0 saturated heterocycles. The minimum atomic E-state index is 1.00. The molecule has 0 heterocycles. The van der Waals surface area contributed by atoms with E-state index in [4.69, 9.17) is 0 Å². The Morgan fingerprint density at radius 1 is 1.21 bits per heavy atom. The monoisotopic (exact) mass is 226 g/mol. The first kappa shape index (κ1) is 12.0. The highest BCUT2D eigenvalue weighted by atomic mass is 32.1. The van der Waals surface area contributed by atoms with Gasteiger partial charge >= 0.3 is 0 Å². The molecule has 1 aromatic rings. The van der Waals surface area contributed by atoms with Gasteiger partial charge in [-0.2, -0.15) is 0 Å². The lowest BCUT2D eigenvalue weighted by molar-refractivity contribution is 0.774. The van der Waals surface area contributed by atoms with Crippen LogP contribution in [0.5, 0.6) is 0 Å². The predicted molar refractivity (Wildman–Crippen MR) is 69.0 cm³/mol. The SMILES string of the molecule is CCCCc1c(C)c(C)cc(S)c1S. The smallest absolute Gasteiger partial charge is 0.0209 e. The summed E-state index contributed by atoms with van der Waals surface area (Å²) in [6.45, 7) is 6.52. The quantitative estimate of drug-likeness (QED) is 0.708. The van der Waals surface area contributed by atoms with Crippen molar-refractivity contribution in [2.24, 2.45) is 0 Å². The fraction of sp³-hybridized carbons (Fsp3) is 0.500. The Labute approximate surface area is 97.9 Å². The molecule has 2 heteroatoms. The summed E-state index contributed by atoms with van der Waals surface area (Å²) >= 11 is 8.96. The molecule has 0 amide bonds. The van der Waals surface area contributed by atoms with Crippen LogP contribution in [0.4, 0.5) is 0 Å². The van der Waals surface area contributed by atoms with Gasteiger partial charge in [0, 0.05) is 9.79 Å². The summed E-state index contributed by atoms with van der Waals surface area (Å²) in [6.07, 6.45) is 3.57. The number of hydrogen-bond acceptors (Lipinski definition) is 2. The van der Waals surface area contributed by atoms with Gasteiger partial charge in [0.25, 0.3) is 0 Å². The number of thiol groups is 2. The van der Waals surface area contributed by atoms with Crippen LogP contribution in [0.25, 0.3) is 0 Å². The molecular weight excluding hydrogens is 208 g/mol. The maximum atomic E-state index is 4.52. The molecule has 1 rings (SSSR count). The van der Waals surface area contributed by atoms with Crippen molar-refractivity contribution in [2.45, 2.75) is 49.8 Å². The average molecular weight is 226 g/mol. The van der Waals surface area contributed by atoms with E-state index in [9.17, 15) is 0 Å². The Balaban J connectivity index is 3.11. The molecule has 0 unspecified atom stereocenters.